The maximum absolute atomic E-state index is 13.6. The number of halogens is 1. The molecule has 1 aliphatic heterocycles. The van der Waals surface area contributed by atoms with E-state index in [2.05, 4.69) is 10.6 Å². The zero-order valence-corrected chi connectivity index (χ0v) is 14.9. The quantitative estimate of drug-likeness (QED) is 0.850. The average molecular weight is 369 g/mol. The van der Waals surface area contributed by atoms with Crippen LogP contribution in [0.25, 0.3) is 0 Å². The van der Waals surface area contributed by atoms with Crippen molar-refractivity contribution >= 4 is 29.1 Å². The van der Waals surface area contributed by atoms with Gasteiger partial charge in [0.2, 0.25) is 17.7 Å². The molecule has 0 bridgehead atoms. The number of amides is 3. The number of nitrogens with one attached hydrogen (secondary N) is 2. The Kier molecular flexibility index (Phi) is 5.49. The molecular weight excluding hydrogens is 349 g/mol. The van der Waals surface area contributed by atoms with Crippen molar-refractivity contribution in [1.29, 1.82) is 0 Å². The number of rotatable bonds is 5. The Morgan fingerprint density at radius 3 is 2.70 bits per heavy atom. The van der Waals surface area contributed by atoms with E-state index < -0.39 is 5.92 Å². The summed E-state index contributed by atoms with van der Waals surface area (Å²) < 4.78 is 13.6. The fourth-order valence-corrected chi connectivity index (χ4v) is 3.06. The number of carbonyl (C=O) groups is 3. The van der Waals surface area contributed by atoms with Crippen LogP contribution in [-0.4, -0.2) is 24.3 Å². The van der Waals surface area contributed by atoms with Crippen molar-refractivity contribution in [3.8, 4) is 0 Å². The van der Waals surface area contributed by atoms with Crippen molar-refractivity contribution in [2.24, 2.45) is 5.92 Å². The minimum atomic E-state index is -0.506. The molecule has 0 saturated carbocycles. The third-order valence-corrected chi connectivity index (χ3v) is 4.38. The van der Waals surface area contributed by atoms with Gasteiger partial charge < -0.3 is 15.5 Å². The maximum Gasteiger partial charge on any atom is 0.227 e. The van der Waals surface area contributed by atoms with Crippen molar-refractivity contribution in [3.63, 3.8) is 0 Å². The summed E-state index contributed by atoms with van der Waals surface area (Å²) in [6.45, 7) is 1.73. The second-order valence-electron chi connectivity index (χ2n) is 6.45. The minimum absolute atomic E-state index is 0.0776. The Morgan fingerprint density at radius 1 is 1.19 bits per heavy atom. The summed E-state index contributed by atoms with van der Waals surface area (Å²) in [6, 6.07) is 13.1. The van der Waals surface area contributed by atoms with Crippen molar-refractivity contribution in [1.82, 2.24) is 5.32 Å². The molecule has 0 aliphatic carbocycles. The number of benzene rings is 2. The Hall–Kier alpha value is -3.22. The molecule has 0 radical (unpaired) electrons. The normalized spacial score (nSPS) is 16.3. The maximum atomic E-state index is 13.6. The van der Waals surface area contributed by atoms with Crippen molar-refractivity contribution in [2.75, 3.05) is 16.8 Å². The van der Waals surface area contributed by atoms with Crippen LogP contribution in [0.5, 0.6) is 0 Å². The first-order valence-corrected chi connectivity index (χ1v) is 8.63. The number of anilines is 2. The van der Waals surface area contributed by atoms with Crippen LogP contribution in [0, 0.1) is 11.7 Å². The first-order chi connectivity index (χ1) is 12.9. The summed E-state index contributed by atoms with van der Waals surface area (Å²) in [4.78, 5) is 37.5. The fraction of sp³-hybridized carbons (Fsp3) is 0.250. The second-order valence-corrected chi connectivity index (χ2v) is 6.45. The molecule has 6 nitrogen and oxygen atoms in total. The van der Waals surface area contributed by atoms with E-state index in [1.54, 1.807) is 42.5 Å². The predicted molar refractivity (Wildman–Crippen MR) is 99.5 cm³/mol. The number of hydrogen-bond donors (Lipinski definition) is 2. The van der Waals surface area contributed by atoms with E-state index in [1.807, 2.05) is 0 Å². The zero-order chi connectivity index (χ0) is 19.4. The van der Waals surface area contributed by atoms with Crippen LogP contribution < -0.4 is 15.5 Å². The van der Waals surface area contributed by atoms with Crippen molar-refractivity contribution < 1.29 is 18.8 Å². The van der Waals surface area contributed by atoms with Crippen LogP contribution in [0.2, 0.25) is 0 Å². The molecule has 2 aromatic carbocycles. The molecule has 0 aromatic heterocycles. The topological polar surface area (TPSA) is 78.5 Å². The van der Waals surface area contributed by atoms with Crippen LogP contribution in [0.3, 0.4) is 0 Å². The molecule has 2 aromatic rings. The predicted octanol–water partition coefficient (Wildman–Crippen LogP) is 2.45. The Labute approximate surface area is 156 Å². The standard InChI is InChI=1S/C20H20FN3O3/c1-13(25)23-16-6-4-7-17(10-16)24-12-15(9-19(24)26)20(27)22-11-14-5-2-3-8-18(14)21/h2-8,10,15H,9,11-12H2,1H3,(H,22,27)(H,23,25). The van der Waals surface area contributed by atoms with E-state index in [0.717, 1.165) is 0 Å². The monoisotopic (exact) mass is 369 g/mol. The summed E-state index contributed by atoms with van der Waals surface area (Å²) in [5.74, 6) is -1.54. The van der Waals surface area contributed by atoms with Gasteiger partial charge in [0.25, 0.3) is 0 Å². The lowest BCUT2D eigenvalue weighted by Crippen LogP contribution is -2.32. The molecule has 1 saturated heterocycles. The SMILES string of the molecule is CC(=O)Nc1cccc(N2CC(C(=O)NCc3ccccc3F)CC2=O)c1. The molecule has 2 N–H and O–H groups in total. The molecular formula is C20H20FN3O3. The van der Waals surface area contributed by atoms with Crippen LogP contribution >= 0.6 is 0 Å². The molecule has 3 amide bonds. The molecule has 3 rings (SSSR count). The van der Waals surface area contributed by atoms with Gasteiger partial charge in [0.15, 0.2) is 0 Å². The highest BCUT2D eigenvalue weighted by Crippen LogP contribution is 2.27. The van der Waals surface area contributed by atoms with Gasteiger partial charge in [-0.2, -0.15) is 0 Å². The van der Waals surface area contributed by atoms with Crippen LogP contribution in [0.4, 0.5) is 15.8 Å². The first-order valence-electron chi connectivity index (χ1n) is 8.63. The third kappa shape index (κ3) is 4.49. The highest BCUT2D eigenvalue weighted by molar-refractivity contribution is 6.01. The van der Waals surface area contributed by atoms with Crippen molar-refractivity contribution in [2.45, 2.75) is 19.9 Å². The van der Waals surface area contributed by atoms with Crippen molar-refractivity contribution in [3.05, 3.63) is 59.9 Å². The highest BCUT2D eigenvalue weighted by Gasteiger charge is 2.35. The van der Waals surface area contributed by atoms with Crippen LogP contribution in [0.15, 0.2) is 48.5 Å². The lowest BCUT2D eigenvalue weighted by molar-refractivity contribution is -0.126. The molecule has 1 atom stereocenters. The summed E-state index contributed by atoms with van der Waals surface area (Å²) in [7, 11) is 0. The summed E-state index contributed by atoms with van der Waals surface area (Å²) >= 11 is 0. The Morgan fingerprint density at radius 2 is 1.96 bits per heavy atom. The van der Waals surface area contributed by atoms with Gasteiger partial charge in [0.1, 0.15) is 5.82 Å². The van der Waals surface area contributed by atoms with E-state index in [4.69, 9.17) is 0 Å². The summed E-state index contributed by atoms with van der Waals surface area (Å²) in [5, 5.41) is 5.37. The fourth-order valence-electron chi connectivity index (χ4n) is 3.06. The highest BCUT2D eigenvalue weighted by atomic mass is 19.1. The minimum Gasteiger partial charge on any atom is -0.352 e. The van der Waals surface area contributed by atoms with E-state index in [0.29, 0.717) is 16.9 Å². The summed E-state index contributed by atoms with van der Waals surface area (Å²) in [5.41, 5.74) is 1.60. The zero-order valence-electron chi connectivity index (χ0n) is 14.9. The molecule has 27 heavy (non-hydrogen) atoms. The van der Waals surface area contributed by atoms with Gasteiger partial charge in [-0.3, -0.25) is 14.4 Å². The van der Waals surface area contributed by atoms with E-state index in [1.165, 1.54) is 17.9 Å². The van der Waals surface area contributed by atoms with Gasteiger partial charge in [-0.15, -0.1) is 0 Å². The number of nitrogens with zero attached hydrogens (tertiary/aromatic N) is 1. The average Bonchev–Trinajstić information content (AvgIpc) is 3.02. The van der Waals surface area contributed by atoms with Crippen LogP contribution in [0.1, 0.15) is 18.9 Å². The molecule has 7 heteroatoms. The van der Waals surface area contributed by atoms with E-state index in [9.17, 15) is 18.8 Å². The van der Waals surface area contributed by atoms with Gasteiger partial charge in [-0.1, -0.05) is 24.3 Å². The first kappa shape index (κ1) is 18.6. The number of carbonyl (C=O) groups excluding carboxylic acids is 3. The third-order valence-electron chi connectivity index (χ3n) is 4.38. The molecule has 140 valence electrons. The van der Waals surface area contributed by atoms with Crippen LogP contribution in [-0.2, 0) is 20.9 Å². The van der Waals surface area contributed by atoms with E-state index in [-0.39, 0.29) is 43.0 Å². The molecule has 1 fully saturated rings. The van der Waals surface area contributed by atoms with Gasteiger partial charge in [-0.05, 0) is 24.3 Å². The van der Waals surface area contributed by atoms with Gasteiger partial charge in [-0.25, -0.2) is 4.39 Å². The molecule has 1 heterocycles. The van der Waals surface area contributed by atoms with Gasteiger partial charge in [0.05, 0.1) is 5.92 Å². The lowest BCUT2D eigenvalue weighted by atomic mass is 10.1. The Bertz CT molecular complexity index is 884. The molecule has 1 unspecified atom stereocenters. The van der Waals surface area contributed by atoms with Gasteiger partial charge >= 0.3 is 0 Å². The Balaban J connectivity index is 1.64. The molecule has 1 aliphatic rings. The molecule has 0 spiro atoms. The summed E-state index contributed by atoms with van der Waals surface area (Å²) in [6.07, 6.45) is 0.0907. The second kappa shape index (κ2) is 7.99. The lowest BCUT2D eigenvalue weighted by Gasteiger charge is -2.18. The largest absolute Gasteiger partial charge is 0.352 e. The van der Waals surface area contributed by atoms with Gasteiger partial charge in [0, 0.05) is 43.4 Å². The number of hydrogen-bond acceptors (Lipinski definition) is 3. The van der Waals surface area contributed by atoms with E-state index >= 15 is 0 Å². The smallest absolute Gasteiger partial charge is 0.227 e.